The monoisotopic (exact) mass is 595 g/mol. The number of likely N-dealkylation sites (tertiary alicyclic amines) is 1. The molecule has 3 aromatic rings. The van der Waals surface area contributed by atoms with Crippen LogP contribution in [0.2, 0.25) is 0 Å². The van der Waals surface area contributed by atoms with Crippen LogP contribution in [0.5, 0.6) is 17.2 Å². The van der Waals surface area contributed by atoms with Crippen LogP contribution in [0.3, 0.4) is 0 Å². The quantitative estimate of drug-likeness (QED) is 0.226. The number of ether oxygens (including phenoxy) is 3. The Morgan fingerprint density at radius 3 is 2.07 bits per heavy atom. The summed E-state index contributed by atoms with van der Waals surface area (Å²) in [5.41, 5.74) is 2.94. The highest BCUT2D eigenvalue weighted by atomic mass is 16.5. The summed E-state index contributed by atoms with van der Waals surface area (Å²) in [5, 5.41) is 0. The molecule has 0 radical (unpaired) electrons. The number of hydrogen-bond acceptors (Lipinski definition) is 7. The SMILES string of the molecule is COc1cc(C(=O)/C=C/c2ccc(C(=O)N3CCN(Cc4ccccc4)C34CCN(C3CC3)CC4)cc2)cc(OC)c1OC. The van der Waals surface area contributed by atoms with Gasteiger partial charge in [-0.15, -0.1) is 0 Å². The molecule has 44 heavy (non-hydrogen) atoms. The third-order valence-electron chi connectivity index (χ3n) is 9.34. The lowest BCUT2D eigenvalue weighted by Gasteiger charge is -2.49. The third kappa shape index (κ3) is 5.97. The summed E-state index contributed by atoms with van der Waals surface area (Å²) < 4.78 is 16.1. The first-order valence-electron chi connectivity index (χ1n) is 15.4. The summed E-state index contributed by atoms with van der Waals surface area (Å²) in [6.45, 7) is 4.50. The second-order valence-corrected chi connectivity index (χ2v) is 11.8. The first-order chi connectivity index (χ1) is 21.5. The van der Waals surface area contributed by atoms with Gasteiger partial charge in [0.15, 0.2) is 17.3 Å². The minimum absolute atomic E-state index is 0.0736. The van der Waals surface area contributed by atoms with Crippen LogP contribution >= 0.6 is 0 Å². The highest BCUT2D eigenvalue weighted by molar-refractivity contribution is 6.07. The van der Waals surface area contributed by atoms with Crippen molar-refractivity contribution in [2.24, 2.45) is 0 Å². The molecule has 3 aromatic carbocycles. The van der Waals surface area contributed by atoms with Crippen LogP contribution in [0.4, 0.5) is 0 Å². The maximum absolute atomic E-state index is 14.1. The molecular weight excluding hydrogens is 554 g/mol. The van der Waals surface area contributed by atoms with E-state index in [4.69, 9.17) is 14.2 Å². The van der Waals surface area contributed by atoms with Crippen LogP contribution in [0, 0.1) is 0 Å². The molecule has 2 saturated heterocycles. The Labute approximate surface area is 259 Å². The summed E-state index contributed by atoms with van der Waals surface area (Å²) in [4.78, 5) is 34.4. The van der Waals surface area contributed by atoms with Gasteiger partial charge in [-0.25, -0.2) is 0 Å². The molecule has 0 bridgehead atoms. The number of hydrogen-bond donors (Lipinski definition) is 0. The average molecular weight is 596 g/mol. The van der Waals surface area contributed by atoms with Crippen molar-refractivity contribution in [3.8, 4) is 17.2 Å². The zero-order valence-electron chi connectivity index (χ0n) is 25.8. The summed E-state index contributed by atoms with van der Waals surface area (Å²) in [7, 11) is 4.57. The Hall–Kier alpha value is -4.14. The molecule has 1 saturated carbocycles. The molecule has 1 aliphatic carbocycles. The van der Waals surface area contributed by atoms with E-state index in [0.29, 0.717) is 28.4 Å². The number of carbonyl (C=O) groups is 2. The molecule has 0 unspecified atom stereocenters. The zero-order valence-corrected chi connectivity index (χ0v) is 25.8. The first kappa shape index (κ1) is 29.9. The van der Waals surface area contributed by atoms with Crippen molar-refractivity contribution in [2.75, 3.05) is 47.5 Å². The Kier molecular flexibility index (Phi) is 8.73. The fourth-order valence-corrected chi connectivity index (χ4v) is 6.79. The molecule has 0 N–H and O–H groups in total. The van der Waals surface area contributed by atoms with Crippen LogP contribution < -0.4 is 14.2 Å². The Morgan fingerprint density at radius 1 is 0.818 bits per heavy atom. The van der Waals surface area contributed by atoms with Gasteiger partial charge in [0.25, 0.3) is 5.91 Å². The number of ketones is 1. The van der Waals surface area contributed by atoms with E-state index in [-0.39, 0.29) is 17.4 Å². The van der Waals surface area contributed by atoms with Crippen molar-refractivity contribution < 1.29 is 23.8 Å². The normalized spacial score (nSPS) is 18.6. The second kappa shape index (κ2) is 12.8. The minimum Gasteiger partial charge on any atom is -0.493 e. The molecule has 8 heteroatoms. The van der Waals surface area contributed by atoms with Gasteiger partial charge in [-0.3, -0.25) is 14.5 Å². The lowest BCUT2D eigenvalue weighted by Crippen LogP contribution is -2.60. The number of methoxy groups -OCH3 is 3. The molecule has 6 rings (SSSR count). The molecule has 2 heterocycles. The number of allylic oxidation sites excluding steroid dienone is 1. The van der Waals surface area contributed by atoms with Gasteiger partial charge in [0.1, 0.15) is 0 Å². The Morgan fingerprint density at radius 2 is 1.48 bits per heavy atom. The fourth-order valence-electron chi connectivity index (χ4n) is 6.79. The minimum atomic E-state index is -0.274. The van der Waals surface area contributed by atoms with E-state index in [1.165, 1.54) is 45.8 Å². The summed E-state index contributed by atoms with van der Waals surface area (Å²) in [5.74, 6) is 1.16. The van der Waals surface area contributed by atoms with E-state index in [1.807, 2.05) is 24.3 Å². The van der Waals surface area contributed by atoms with Gasteiger partial charge < -0.3 is 24.0 Å². The van der Waals surface area contributed by atoms with E-state index < -0.39 is 0 Å². The van der Waals surface area contributed by atoms with E-state index in [1.54, 1.807) is 18.2 Å². The Balaban J connectivity index is 1.17. The first-order valence-corrected chi connectivity index (χ1v) is 15.4. The van der Waals surface area contributed by atoms with Crippen molar-refractivity contribution in [2.45, 2.75) is 43.9 Å². The van der Waals surface area contributed by atoms with E-state index in [2.05, 4.69) is 45.0 Å². The zero-order chi connectivity index (χ0) is 30.7. The van der Waals surface area contributed by atoms with Gasteiger partial charge in [-0.1, -0.05) is 48.5 Å². The van der Waals surface area contributed by atoms with Gasteiger partial charge in [-0.2, -0.15) is 0 Å². The molecule has 1 amide bonds. The van der Waals surface area contributed by atoms with Crippen molar-refractivity contribution in [3.63, 3.8) is 0 Å². The maximum atomic E-state index is 14.1. The number of carbonyl (C=O) groups excluding carboxylic acids is 2. The van der Waals surface area contributed by atoms with Gasteiger partial charge in [0.05, 0.1) is 27.0 Å². The maximum Gasteiger partial charge on any atom is 0.255 e. The third-order valence-corrected chi connectivity index (χ3v) is 9.34. The summed E-state index contributed by atoms with van der Waals surface area (Å²) in [6.07, 6.45) is 7.81. The number of benzene rings is 3. The van der Waals surface area contributed by atoms with Crippen LogP contribution in [0.1, 0.15) is 57.5 Å². The van der Waals surface area contributed by atoms with Gasteiger partial charge in [0, 0.05) is 49.9 Å². The van der Waals surface area contributed by atoms with Crippen LogP contribution in [-0.2, 0) is 6.54 Å². The van der Waals surface area contributed by atoms with Crippen molar-refractivity contribution in [1.82, 2.24) is 14.7 Å². The molecule has 0 aromatic heterocycles. The molecule has 1 spiro atoms. The lowest BCUT2D eigenvalue weighted by molar-refractivity contribution is -0.0343. The molecular formula is C36H41N3O5. The molecule has 3 aliphatic rings. The van der Waals surface area contributed by atoms with E-state index in [0.717, 1.165) is 57.2 Å². The second-order valence-electron chi connectivity index (χ2n) is 11.8. The number of nitrogens with zero attached hydrogens (tertiary/aromatic N) is 3. The van der Waals surface area contributed by atoms with E-state index in [9.17, 15) is 9.59 Å². The molecule has 8 nitrogen and oxygen atoms in total. The van der Waals surface area contributed by atoms with Gasteiger partial charge in [-0.05, 0) is 67.2 Å². The fraction of sp³-hybridized carbons (Fsp3) is 0.389. The highest BCUT2D eigenvalue weighted by Gasteiger charge is 2.51. The topological polar surface area (TPSA) is 71.6 Å². The molecule has 2 aliphatic heterocycles. The smallest absolute Gasteiger partial charge is 0.255 e. The van der Waals surface area contributed by atoms with Crippen molar-refractivity contribution in [1.29, 1.82) is 0 Å². The summed E-state index contributed by atoms with van der Waals surface area (Å²) >= 11 is 0. The van der Waals surface area contributed by atoms with Crippen molar-refractivity contribution in [3.05, 3.63) is 95.1 Å². The molecule has 3 fully saturated rings. The largest absolute Gasteiger partial charge is 0.493 e. The number of piperidine rings is 1. The van der Waals surface area contributed by atoms with Crippen LogP contribution in [0.25, 0.3) is 6.08 Å². The molecule has 230 valence electrons. The number of rotatable bonds is 10. The van der Waals surface area contributed by atoms with E-state index >= 15 is 0 Å². The average Bonchev–Trinajstić information content (AvgIpc) is 3.87. The number of amides is 1. The van der Waals surface area contributed by atoms with Gasteiger partial charge >= 0.3 is 0 Å². The van der Waals surface area contributed by atoms with Crippen LogP contribution in [-0.4, -0.2) is 85.6 Å². The highest BCUT2D eigenvalue weighted by Crippen LogP contribution is 2.42. The lowest BCUT2D eigenvalue weighted by atomic mass is 9.93. The standard InChI is InChI=1S/C36H41N3O5/c1-42-32-23-29(24-33(43-2)34(32)44-3)31(40)16-11-26-9-12-28(13-10-26)35(41)39-22-21-38(25-27-7-5-4-6-8-27)36(39)17-19-37(20-18-36)30-14-15-30/h4-13,16,23-24,30H,14-15,17-22,25H2,1-3H3/b16-11+. The van der Waals surface area contributed by atoms with Gasteiger partial charge in [0.2, 0.25) is 5.75 Å². The Bertz CT molecular complexity index is 1480. The van der Waals surface area contributed by atoms with Crippen molar-refractivity contribution >= 4 is 17.8 Å². The predicted octanol–water partition coefficient (Wildman–Crippen LogP) is 5.52. The van der Waals surface area contributed by atoms with Crippen LogP contribution in [0.15, 0.2) is 72.8 Å². The predicted molar refractivity (Wildman–Crippen MR) is 170 cm³/mol. The summed E-state index contributed by atoms with van der Waals surface area (Å²) in [6, 6.07) is 22.1. The molecule has 0 atom stereocenters.